The van der Waals surface area contributed by atoms with E-state index < -0.39 is 0 Å². The zero-order chi connectivity index (χ0) is 14.8. The van der Waals surface area contributed by atoms with Crippen molar-refractivity contribution in [3.8, 4) is 5.75 Å². The van der Waals surface area contributed by atoms with E-state index in [2.05, 4.69) is 12.1 Å². The number of fused-ring (bicyclic) bond motifs is 2. The van der Waals surface area contributed by atoms with Gasteiger partial charge >= 0.3 is 0 Å². The van der Waals surface area contributed by atoms with Gasteiger partial charge in [-0.15, -0.1) is 0 Å². The molecule has 110 valence electrons. The highest BCUT2D eigenvalue weighted by Crippen LogP contribution is 2.46. The second-order valence-corrected chi connectivity index (χ2v) is 6.62. The van der Waals surface area contributed by atoms with Gasteiger partial charge in [-0.2, -0.15) is 0 Å². The Balaban J connectivity index is 2.09. The zero-order valence-electron chi connectivity index (χ0n) is 12.4. The molecule has 5 rings (SSSR count). The van der Waals surface area contributed by atoms with E-state index in [1.165, 1.54) is 32.7 Å². The minimum atomic E-state index is -0.346. The number of hydrogen-bond acceptors (Lipinski definition) is 2. The summed E-state index contributed by atoms with van der Waals surface area (Å²) in [6.45, 7) is 0. The molecule has 2 heteroatoms. The highest BCUT2D eigenvalue weighted by molar-refractivity contribution is 6.13. The highest BCUT2D eigenvalue weighted by Gasteiger charge is 2.27. The van der Waals surface area contributed by atoms with Gasteiger partial charge in [0.05, 0.1) is 6.10 Å². The van der Waals surface area contributed by atoms with Crippen molar-refractivity contribution in [2.75, 3.05) is 0 Å². The fraction of sp³-hybridized carbons (Fsp3) is 0.300. The fourth-order valence-electron chi connectivity index (χ4n) is 4.60. The average molecular weight is 290 g/mol. The number of aliphatic hydroxyl groups is 1. The summed E-state index contributed by atoms with van der Waals surface area (Å²) in [5, 5.41) is 25.7. The lowest BCUT2D eigenvalue weighted by atomic mass is 9.77. The Morgan fingerprint density at radius 1 is 0.818 bits per heavy atom. The van der Waals surface area contributed by atoms with Crippen LogP contribution in [0.4, 0.5) is 0 Å². The van der Waals surface area contributed by atoms with Crippen LogP contribution in [0.25, 0.3) is 21.5 Å². The summed E-state index contributed by atoms with van der Waals surface area (Å²) in [6.07, 6.45) is 4.55. The molecule has 3 aromatic carbocycles. The first-order chi connectivity index (χ1) is 10.8. The maximum absolute atomic E-state index is 10.4. The Labute approximate surface area is 129 Å². The van der Waals surface area contributed by atoms with Gasteiger partial charge in [-0.1, -0.05) is 24.3 Å². The van der Waals surface area contributed by atoms with Gasteiger partial charge in [0.1, 0.15) is 5.75 Å². The molecule has 2 aliphatic carbocycles. The van der Waals surface area contributed by atoms with Crippen LogP contribution in [0.2, 0.25) is 0 Å². The van der Waals surface area contributed by atoms with Crippen molar-refractivity contribution in [1.29, 1.82) is 0 Å². The topological polar surface area (TPSA) is 40.5 Å². The zero-order valence-corrected chi connectivity index (χ0v) is 12.4. The third-order valence-electron chi connectivity index (χ3n) is 5.52. The quantitative estimate of drug-likeness (QED) is 0.610. The summed E-state index contributed by atoms with van der Waals surface area (Å²) >= 11 is 0. The lowest BCUT2D eigenvalue weighted by molar-refractivity contribution is 0.166. The second-order valence-electron chi connectivity index (χ2n) is 6.62. The number of phenolic OH excluding ortho intramolecular Hbond substituents is 1. The molecule has 3 aromatic rings. The van der Waals surface area contributed by atoms with E-state index in [0.29, 0.717) is 5.75 Å². The van der Waals surface area contributed by atoms with E-state index in [1.54, 1.807) is 0 Å². The third kappa shape index (κ3) is 1.43. The van der Waals surface area contributed by atoms with Crippen molar-refractivity contribution in [2.45, 2.75) is 38.2 Å². The van der Waals surface area contributed by atoms with Crippen LogP contribution < -0.4 is 0 Å². The molecule has 0 bridgehead atoms. The molecular formula is C20H18O2. The summed E-state index contributed by atoms with van der Waals surface area (Å²) in [5.41, 5.74) is 5.03. The molecule has 0 amide bonds. The SMILES string of the molecule is Oc1ccc2c3c1CCCc3c1c3c(cccc32)[C@@H](O)CC1. The van der Waals surface area contributed by atoms with Crippen LogP contribution in [0.1, 0.15) is 41.2 Å². The van der Waals surface area contributed by atoms with Crippen molar-refractivity contribution >= 4 is 21.5 Å². The highest BCUT2D eigenvalue weighted by atomic mass is 16.3. The van der Waals surface area contributed by atoms with Gasteiger partial charge in [-0.25, -0.2) is 0 Å². The van der Waals surface area contributed by atoms with Crippen LogP contribution in [-0.2, 0) is 19.3 Å². The van der Waals surface area contributed by atoms with Gasteiger partial charge in [0.2, 0.25) is 0 Å². The van der Waals surface area contributed by atoms with Gasteiger partial charge < -0.3 is 10.2 Å². The van der Waals surface area contributed by atoms with E-state index >= 15 is 0 Å². The summed E-state index contributed by atoms with van der Waals surface area (Å²) in [6, 6.07) is 10.2. The molecule has 22 heavy (non-hydrogen) atoms. The molecule has 2 aliphatic rings. The molecule has 0 saturated heterocycles. The van der Waals surface area contributed by atoms with Gasteiger partial charge in [0, 0.05) is 5.56 Å². The van der Waals surface area contributed by atoms with Gasteiger partial charge in [-0.3, -0.25) is 0 Å². The van der Waals surface area contributed by atoms with Gasteiger partial charge in [0.15, 0.2) is 0 Å². The van der Waals surface area contributed by atoms with Crippen LogP contribution in [-0.4, -0.2) is 10.2 Å². The number of aryl methyl sites for hydroxylation is 3. The molecular weight excluding hydrogens is 272 g/mol. The minimum Gasteiger partial charge on any atom is -0.508 e. The maximum Gasteiger partial charge on any atom is 0.119 e. The normalized spacial score (nSPS) is 19.8. The number of aromatic hydroxyl groups is 1. The molecule has 0 aliphatic heterocycles. The van der Waals surface area contributed by atoms with Crippen molar-refractivity contribution in [1.82, 2.24) is 0 Å². The number of aliphatic hydroxyl groups excluding tert-OH is 1. The number of phenols is 1. The van der Waals surface area contributed by atoms with Gasteiger partial charge in [0.25, 0.3) is 0 Å². The van der Waals surface area contributed by atoms with E-state index in [-0.39, 0.29) is 6.10 Å². The van der Waals surface area contributed by atoms with Crippen molar-refractivity contribution in [3.63, 3.8) is 0 Å². The smallest absolute Gasteiger partial charge is 0.119 e. The predicted octanol–water partition coefficient (Wildman–Crippen LogP) is 4.17. The van der Waals surface area contributed by atoms with Crippen LogP contribution >= 0.6 is 0 Å². The first-order valence-corrected chi connectivity index (χ1v) is 8.14. The Hall–Kier alpha value is -2.06. The predicted molar refractivity (Wildman–Crippen MR) is 88.4 cm³/mol. The molecule has 0 aromatic heterocycles. The molecule has 0 fully saturated rings. The first kappa shape index (κ1) is 12.5. The molecule has 1 atom stereocenters. The monoisotopic (exact) mass is 290 g/mol. The van der Waals surface area contributed by atoms with Crippen LogP contribution in [0.5, 0.6) is 5.75 Å². The number of hydrogen-bond donors (Lipinski definition) is 2. The van der Waals surface area contributed by atoms with Crippen LogP contribution in [0.15, 0.2) is 30.3 Å². The maximum atomic E-state index is 10.4. The summed E-state index contributed by atoms with van der Waals surface area (Å²) in [7, 11) is 0. The molecule has 2 N–H and O–H groups in total. The Morgan fingerprint density at radius 3 is 2.50 bits per heavy atom. The molecule has 0 heterocycles. The van der Waals surface area contributed by atoms with Crippen molar-refractivity contribution in [2.24, 2.45) is 0 Å². The first-order valence-electron chi connectivity index (χ1n) is 8.14. The second kappa shape index (κ2) is 4.23. The van der Waals surface area contributed by atoms with Crippen molar-refractivity contribution in [3.05, 3.63) is 52.6 Å². The molecule has 0 radical (unpaired) electrons. The van der Waals surface area contributed by atoms with E-state index in [1.807, 2.05) is 18.2 Å². The van der Waals surface area contributed by atoms with Crippen molar-refractivity contribution < 1.29 is 10.2 Å². The Kier molecular flexibility index (Phi) is 2.40. The third-order valence-corrected chi connectivity index (χ3v) is 5.52. The average Bonchev–Trinajstić information content (AvgIpc) is 2.55. The minimum absolute atomic E-state index is 0.346. The standard InChI is InChI=1S/C20H18O2/c21-17-9-8-14-12-4-2-6-16-18(22)10-7-13(20(12)16)11-3-1-5-15(17)19(11)14/h1,3,5,7,10,17,21-22H,2,4,6,8-9H2/t17-/m0/s1. The summed E-state index contributed by atoms with van der Waals surface area (Å²) in [5.74, 6) is 0.437. The summed E-state index contributed by atoms with van der Waals surface area (Å²) in [4.78, 5) is 0. The van der Waals surface area contributed by atoms with Crippen LogP contribution in [0.3, 0.4) is 0 Å². The lowest BCUT2D eigenvalue weighted by Gasteiger charge is -2.29. The lowest BCUT2D eigenvalue weighted by Crippen LogP contribution is -2.13. The van der Waals surface area contributed by atoms with E-state index in [4.69, 9.17) is 0 Å². The van der Waals surface area contributed by atoms with Crippen LogP contribution in [0, 0.1) is 0 Å². The Bertz CT molecular complexity index is 940. The summed E-state index contributed by atoms with van der Waals surface area (Å²) < 4.78 is 0. The largest absolute Gasteiger partial charge is 0.508 e. The molecule has 2 nitrogen and oxygen atoms in total. The molecule has 0 unspecified atom stereocenters. The fourth-order valence-corrected chi connectivity index (χ4v) is 4.60. The molecule has 0 saturated carbocycles. The van der Waals surface area contributed by atoms with E-state index in [0.717, 1.165) is 43.2 Å². The Morgan fingerprint density at radius 2 is 1.59 bits per heavy atom. The van der Waals surface area contributed by atoms with Gasteiger partial charge in [-0.05, 0) is 76.4 Å². The number of benzene rings is 3. The number of rotatable bonds is 0. The van der Waals surface area contributed by atoms with E-state index in [9.17, 15) is 10.2 Å². The molecule has 0 spiro atoms.